The number of halogens is 2. The van der Waals surface area contributed by atoms with E-state index in [2.05, 4.69) is 25.3 Å². The van der Waals surface area contributed by atoms with Gasteiger partial charge >= 0.3 is 0 Å². The fraction of sp³-hybridized carbons (Fsp3) is 0.190. The Labute approximate surface area is 175 Å². The SMILES string of the molecule is Cn1cncc1-c1cc2cc(NC(=O)c3ccncc3)ncc2nc1N1CC(F)(F)C1. The number of nitrogens with zero attached hydrogens (tertiary/aromatic N) is 6. The van der Waals surface area contributed by atoms with Gasteiger partial charge in [0.15, 0.2) is 0 Å². The average molecular weight is 421 g/mol. The Morgan fingerprint density at radius 2 is 1.90 bits per heavy atom. The van der Waals surface area contributed by atoms with Gasteiger partial charge in [-0.1, -0.05) is 0 Å². The predicted molar refractivity (Wildman–Crippen MR) is 111 cm³/mol. The van der Waals surface area contributed by atoms with E-state index >= 15 is 0 Å². The third-order valence-corrected chi connectivity index (χ3v) is 5.10. The minimum Gasteiger partial charge on any atom is -0.344 e. The lowest BCUT2D eigenvalue weighted by molar-refractivity contribution is -0.0266. The van der Waals surface area contributed by atoms with Gasteiger partial charge in [-0.05, 0) is 24.3 Å². The normalized spacial score (nSPS) is 15.0. The van der Waals surface area contributed by atoms with Gasteiger partial charge in [-0.15, -0.1) is 0 Å². The van der Waals surface area contributed by atoms with Gasteiger partial charge in [0.2, 0.25) is 0 Å². The molecular weight excluding hydrogens is 404 g/mol. The second-order valence-corrected chi connectivity index (χ2v) is 7.41. The molecule has 4 aromatic rings. The number of fused-ring (bicyclic) bond motifs is 1. The van der Waals surface area contributed by atoms with Crippen LogP contribution in [0.1, 0.15) is 10.4 Å². The van der Waals surface area contributed by atoms with Crippen LogP contribution in [0.5, 0.6) is 0 Å². The van der Waals surface area contributed by atoms with E-state index < -0.39 is 5.92 Å². The second-order valence-electron chi connectivity index (χ2n) is 7.41. The molecule has 1 fully saturated rings. The van der Waals surface area contributed by atoms with Crippen LogP contribution in [-0.2, 0) is 7.05 Å². The number of hydrogen-bond acceptors (Lipinski definition) is 6. The molecular formula is C21H17F2N7O. The van der Waals surface area contributed by atoms with Gasteiger partial charge in [-0.3, -0.25) is 9.78 Å². The molecule has 4 aromatic heterocycles. The maximum absolute atomic E-state index is 13.5. The molecule has 0 bridgehead atoms. The Morgan fingerprint density at radius 3 is 2.58 bits per heavy atom. The molecule has 1 aliphatic rings. The van der Waals surface area contributed by atoms with Crippen molar-refractivity contribution < 1.29 is 13.6 Å². The van der Waals surface area contributed by atoms with E-state index in [9.17, 15) is 13.6 Å². The Hall–Kier alpha value is -3.95. The summed E-state index contributed by atoms with van der Waals surface area (Å²) in [6.07, 6.45) is 7.89. The van der Waals surface area contributed by atoms with Crippen molar-refractivity contribution in [3.8, 4) is 11.3 Å². The molecule has 0 aromatic carbocycles. The van der Waals surface area contributed by atoms with E-state index in [4.69, 9.17) is 0 Å². The number of aryl methyl sites for hydroxylation is 1. The molecule has 1 N–H and O–H groups in total. The standard InChI is InChI=1S/C21H17F2N7O/c1-29-12-25-9-17(29)15-6-14-7-18(28-20(31)13-2-4-24-5-3-13)26-8-16(14)27-19(15)30-10-21(22,23)11-30/h2-9,12H,10-11H2,1H3,(H,26,28,31). The van der Waals surface area contributed by atoms with Crippen molar-refractivity contribution in [2.24, 2.45) is 7.05 Å². The van der Waals surface area contributed by atoms with E-state index in [1.807, 2.05) is 13.1 Å². The van der Waals surface area contributed by atoms with Crippen LogP contribution in [0.3, 0.4) is 0 Å². The maximum atomic E-state index is 13.5. The van der Waals surface area contributed by atoms with E-state index in [-0.39, 0.29) is 19.0 Å². The zero-order chi connectivity index (χ0) is 21.6. The summed E-state index contributed by atoms with van der Waals surface area (Å²) in [7, 11) is 1.83. The smallest absolute Gasteiger partial charge is 0.282 e. The zero-order valence-electron chi connectivity index (χ0n) is 16.5. The number of carbonyl (C=O) groups is 1. The first-order chi connectivity index (χ1) is 14.9. The Bertz CT molecular complexity index is 1280. The first kappa shape index (κ1) is 19.0. The predicted octanol–water partition coefficient (Wildman–Crippen LogP) is 3.13. The molecule has 0 spiro atoms. The van der Waals surface area contributed by atoms with Crippen LogP contribution >= 0.6 is 0 Å². The van der Waals surface area contributed by atoms with Crippen LogP contribution in [0.2, 0.25) is 0 Å². The largest absolute Gasteiger partial charge is 0.344 e. The summed E-state index contributed by atoms with van der Waals surface area (Å²) in [5.74, 6) is -2.22. The lowest BCUT2D eigenvalue weighted by Crippen LogP contribution is -2.56. The number of carbonyl (C=O) groups excluding carboxylic acids is 1. The highest BCUT2D eigenvalue weighted by molar-refractivity contribution is 6.04. The maximum Gasteiger partial charge on any atom is 0.282 e. The van der Waals surface area contributed by atoms with Crippen LogP contribution in [-0.4, -0.2) is 49.4 Å². The fourth-order valence-corrected chi connectivity index (χ4v) is 3.54. The molecule has 0 aliphatic carbocycles. The van der Waals surface area contributed by atoms with Crippen LogP contribution < -0.4 is 10.2 Å². The first-order valence-corrected chi connectivity index (χ1v) is 9.51. The zero-order valence-corrected chi connectivity index (χ0v) is 16.5. The molecule has 1 aliphatic heterocycles. The third kappa shape index (κ3) is 3.56. The molecule has 10 heteroatoms. The molecule has 5 heterocycles. The van der Waals surface area contributed by atoms with Gasteiger partial charge in [0.1, 0.15) is 11.6 Å². The quantitative estimate of drug-likeness (QED) is 0.545. The van der Waals surface area contributed by atoms with E-state index in [1.165, 1.54) is 18.6 Å². The number of pyridine rings is 3. The van der Waals surface area contributed by atoms with Crippen molar-refractivity contribution in [3.63, 3.8) is 0 Å². The Morgan fingerprint density at radius 1 is 1.13 bits per heavy atom. The lowest BCUT2D eigenvalue weighted by atomic mass is 10.1. The molecule has 0 unspecified atom stereocenters. The van der Waals surface area contributed by atoms with E-state index in [1.54, 1.807) is 40.2 Å². The highest BCUT2D eigenvalue weighted by Gasteiger charge is 2.45. The first-order valence-electron chi connectivity index (χ1n) is 9.51. The number of anilines is 2. The molecule has 0 radical (unpaired) electrons. The van der Waals surface area contributed by atoms with Crippen LogP contribution in [0.4, 0.5) is 20.4 Å². The lowest BCUT2D eigenvalue weighted by Gasteiger charge is -2.40. The summed E-state index contributed by atoms with van der Waals surface area (Å²) in [5, 5.41) is 3.47. The Balaban J connectivity index is 1.54. The molecule has 156 valence electrons. The number of rotatable bonds is 4. The number of alkyl halides is 2. The molecule has 5 rings (SSSR count). The molecule has 0 saturated carbocycles. The van der Waals surface area contributed by atoms with Crippen molar-refractivity contribution in [2.75, 3.05) is 23.3 Å². The minimum absolute atomic E-state index is 0.312. The third-order valence-electron chi connectivity index (χ3n) is 5.10. The fourth-order valence-electron chi connectivity index (χ4n) is 3.54. The summed E-state index contributed by atoms with van der Waals surface area (Å²) >= 11 is 0. The Kier molecular flexibility index (Phi) is 4.35. The number of nitrogens with one attached hydrogen (secondary N) is 1. The van der Waals surface area contributed by atoms with Crippen molar-refractivity contribution >= 4 is 28.4 Å². The van der Waals surface area contributed by atoms with Crippen molar-refractivity contribution in [2.45, 2.75) is 5.92 Å². The molecule has 1 saturated heterocycles. The van der Waals surface area contributed by atoms with Crippen LogP contribution in [0.15, 0.2) is 55.4 Å². The molecule has 1 amide bonds. The topological polar surface area (TPSA) is 88.8 Å². The number of amides is 1. The van der Waals surface area contributed by atoms with E-state index in [0.717, 1.165) is 5.69 Å². The summed E-state index contributed by atoms with van der Waals surface area (Å²) < 4.78 is 28.8. The van der Waals surface area contributed by atoms with Crippen molar-refractivity contribution in [3.05, 3.63) is 60.9 Å². The summed E-state index contributed by atoms with van der Waals surface area (Å²) in [6.45, 7) is -0.770. The van der Waals surface area contributed by atoms with Gasteiger partial charge in [-0.25, -0.2) is 23.7 Å². The number of hydrogen-bond donors (Lipinski definition) is 1. The molecule has 31 heavy (non-hydrogen) atoms. The monoisotopic (exact) mass is 421 g/mol. The summed E-state index contributed by atoms with van der Waals surface area (Å²) in [6, 6.07) is 6.77. The average Bonchev–Trinajstić information content (AvgIpc) is 3.17. The van der Waals surface area contributed by atoms with Gasteiger partial charge in [0.05, 0.1) is 43.0 Å². The van der Waals surface area contributed by atoms with Crippen LogP contribution in [0, 0.1) is 0 Å². The van der Waals surface area contributed by atoms with Crippen molar-refractivity contribution in [1.82, 2.24) is 24.5 Å². The highest BCUT2D eigenvalue weighted by atomic mass is 19.3. The van der Waals surface area contributed by atoms with Gasteiger partial charge in [0.25, 0.3) is 11.8 Å². The van der Waals surface area contributed by atoms with Crippen molar-refractivity contribution in [1.29, 1.82) is 0 Å². The van der Waals surface area contributed by atoms with Gasteiger partial charge in [-0.2, -0.15) is 0 Å². The van der Waals surface area contributed by atoms with Gasteiger partial charge < -0.3 is 14.8 Å². The minimum atomic E-state index is -2.72. The second kappa shape index (κ2) is 7.08. The highest BCUT2D eigenvalue weighted by Crippen LogP contribution is 2.38. The number of imidazole rings is 1. The number of aromatic nitrogens is 5. The molecule has 0 atom stereocenters. The summed E-state index contributed by atoms with van der Waals surface area (Å²) in [4.78, 5) is 30.9. The van der Waals surface area contributed by atoms with Crippen LogP contribution in [0.25, 0.3) is 22.2 Å². The van der Waals surface area contributed by atoms with E-state index in [0.29, 0.717) is 33.7 Å². The molecule has 8 nitrogen and oxygen atoms in total. The van der Waals surface area contributed by atoms with Gasteiger partial charge in [0, 0.05) is 36.0 Å². The summed E-state index contributed by atoms with van der Waals surface area (Å²) in [5.41, 5.74) is 2.43.